The predicted octanol–water partition coefficient (Wildman–Crippen LogP) is 2.26. The molecule has 4 heteroatoms. The molecule has 1 fully saturated rings. The van der Waals surface area contributed by atoms with Gasteiger partial charge in [0.1, 0.15) is 0 Å². The molecule has 1 aliphatic rings. The Kier molecular flexibility index (Phi) is 7.15. The van der Waals surface area contributed by atoms with Crippen LogP contribution in [0, 0.1) is 5.41 Å². The summed E-state index contributed by atoms with van der Waals surface area (Å²) < 4.78 is 22.1. The summed E-state index contributed by atoms with van der Waals surface area (Å²) >= 11 is 0. The van der Waals surface area contributed by atoms with E-state index in [1.165, 1.54) is 0 Å². The first-order chi connectivity index (χ1) is 8.62. The quantitative estimate of drug-likeness (QED) is 0.604. The zero-order chi connectivity index (χ0) is 13.4. The summed E-state index contributed by atoms with van der Waals surface area (Å²) in [6.45, 7) is 12.7. The van der Waals surface area contributed by atoms with E-state index >= 15 is 0 Å². The van der Waals surface area contributed by atoms with Gasteiger partial charge in [0.05, 0.1) is 45.2 Å². The number of hydrogen-bond acceptors (Lipinski definition) is 4. The van der Waals surface area contributed by atoms with Crippen molar-refractivity contribution in [1.29, 1.82) is 0 Å². The van der Waals surface area contributed by atoms with Crippen LogP contribution in [0.25, 0.3) is 0 Å². The predicted molar refractivity (Wildman–Crippen MR) is 70.9 cm³/mol. The first-order valence-electron chi connectivity index (χ1n) is 7.00. The molecule has 0 bridgehead atoms. The molecule has 0 aromatic heterocycles. The molecule has 0 aromatic carbocycles. The van der Waals surface area contributed by atoms with Crippen LogP contribution in [0.4, 0.5) is 0 Å². The van der Waals surface area contributed by atoms with Gasteiger partial charge in [0.25, 0.3) is 0 Å². The van der Waals surface area contributed by atoms with Crippen LogP contribution in [-0.4, -0.2) is 51.8 Å². The molecule has 1 rings (SSSR count). The summed E-state index contributed by atoms with van der Waals surface area (Å²) in [6.07, 6.45) is 1.38. The fourth-order valence-corrected chi connectivity index (χ4v) is 1.90. The molecule has 1 aliphatic heterocycles. The molecule has 108 valence electrons. The Bertz CT molecular complexity index is 210. The summed E-state index contributed by atoms with van der Waals surface area (Å²) in [7, 11) is 0. The van der Waals surface area contributed by atoms with Gasteiger partial charge in [-0.25, -0.2) is 0 Å². The Morgan fingerprint density at radius 3 is 2.22 bits per heavy atom. The van der Waals surface area contributed by atoms with Gasteiger partial charge in [-0.1, -0.05) is 6.92 Å². The van der Waals surface area contributed by atoms with E-state index in [-0.39, 0.29) is 17.6 Å². The van der Waals surface area contributed by atoms with Gasteiger partial charge in [0.2, 0.25) is 0 Å². The van der Waals surface area contributed by atoms with Gasteiger partial charge in [0, 0.05) is 12.0 Å². The molecule has 0 saturated carbocycles. The topological polar surface area (TPSA) is 36.9 Å². The zero-order valence-corrected chi connectivity index (χ0v) is 12.2. The van der Waals surface area contributed by atoms with Crippen molar-refractivity contribution in [2.24, 2.45) is 5.41 Å². The highest BCUT2D eigenvalue weighted by atomic mass is 16.6. The summed E-state index contributed by atoms with van der Waals surface area (Å²) in [5.74, 6) is 0. The lowest BCUT2D eigenvalue weighted by molar-refractivity contribution is -0.158. The second-order valence-corrected chi connectivity index (χ2v) is 5.27. The molecular formula is C14H28O4. The average molecular weight is 260 g/mol. The van der Waals surface area contributed by atoms with Crippen LogP contribution < -0.4 is 0 Å². The molecule has 0 radical (unpaired) electrons. The van der Waals surface area contributed by atoms with E-state index in [4.69, 9.17) is 18.9 Å². The molecule has 4 nitrogen and oxygen atoms in total. The monoisotopic (exact) mass is 260 g/mol. The fraction of sp³-hybridized carbons (Fsp3) is 1.00. The van der Waals surface area contributed by atoms with E-state index in [0.29, 0.717) is 13.2 Å². The van der Waals surface area contributed by atoms with Crippen molar-refractivity contribution in [2.75, 3.05) is 39.6 Å². The van der Waals surface area contributed by atoms with Crippen LogP contribution in [-0.2, 0) is 18.9 Å². The van der Waals surface area contributed by atoms with Gasteiger partial charge in [0.15, 0.2) is 0 Å². The molecule has 2 atom stereocenters. The molecule has 0 N–H and O–H groups in total. The molecule has 0 aromatic rings. The van der Waals surface area contributed by atoms with Crippen molar-refractivity contribution in [3.8, 4) is 0 Å². The minimum atomic E-state index is 0.114. The van der Waals surface area contributed by atoms with Gasteiger partial charge in [-0.15, -0.1) is 0 Å². The molecule has 0 spiro atoms. The van der Waals surface area contributed by atoms with Crippen molar-refractivity contribution in [3.63, 3.8) is 0 Å². The summed E-state index contributed by atoms with van der Waals surface area (Å²) in [5.41, 5.74) is 0.262. The van der Waals surface area contributed by atoms with E-state index in [1.54, 1.807) is 0 Å². The highest BCUT2D eigenvalue weighted by Gasteiger charge is 2.37. The first kappa shape index (κ1) is 15.9. The third-order valence-corrected chi connectivity index (χ3v) is 3.39. The van der Waals surface area contributed by atoms with Gasteiger partial charge in [-0.3, -0.25) is 0 Å². The summed E-state index contributed by atoms with van der Waals surface area (Å²) in [6, 6.07) is 0. The van der Waals surface area contributed by atoms with E-state index < -0.39 is 0 Å². The van der Waals surface area contributed by atoms with Crippen molar-refractivity contribution in [3.05, 3.63) is 0 Å². The van der Waals surface area contributed by atoms with Crippen molar-refractivity contribution in [2.45, 2.75) is 46.3 Å². The van der Waals surface area contributed by atoms with E-state index in [9.17, 15) is 0 Å². The fourth-order valence-electron chi connectivity index (χ4n) is 1.90. The maximum absolute atomic E-state index is 5.74. The number of ether oxygens (including phenoxy) is 4. The lowest BCUT2D eigenvalue weighted by Crippen LogP contribution is -2.46. The lowest BCUT2D eigenvalue weighted by atomic mass is 9.84. The largest absolute Gasteiger partial charge is 0.380 e. The van der Waals surface area contributed by atoms with Gasteiger partial charge < -0.3 is 18.9 Å². The minimum absolute atomic E-state index is 0.114. The maximum atomic E-state index is 5.74. The van der Waals surface area contributed by atoms with Crippen LogP contribution in [0.1, 0.15) is 34.1 Å². The normalized spacial score (nSPS) is 21.3. The molecule has 1 heterocycles. The molecule has 0 amide bonds. The maximum Gasteiger partial charge on any atom is 0.0781 e. The molecule has 1 saturated heterocycles. The minimum Gasteiger partial charge on any atom is -0.380 e. The van der Waals surface area contributed by atoms with Crippen molar-refractivity contribution in [1.82, 2.24) is 0 Å². The number of hydrogen-bond donors (Lipinski definition) is 0. The zero-order valence-electron chi connectivity index (χ0n) is 12.2. The highest BCUT2D eigenvalue weighted by Crippen LogP contribution is 2.31. The molecule has 18 heavy (non-hydrogen) atoms. The Balaban J connectivity index is 2.04. The van der Waals surface area contributed by atoms with Gasteiger partial charge in [-0.2, -0.15) is 0 Å². The highest BCUT2D eigenvalue weighted by molar-refractivity contribution is 4.83. The number of rotatable bonds is 10. The van der Waals surface area contributed by atoms with E-state index in [2.05, 4.69) is 6.92 Å². The van der Waals surface area contributed by atoms with Crippen molar-refractivity contribution >= 4 is 0 Å². The van der Waals surface area contributed by atoms with Crippen LogP contribution in [0.3, 0.4) is 0 Å². The Hall–Kier alpha value is -0.160. The van der Waals surface area contributed by atoms with E-state index in [0.717, 1.165) is 32.8 Å². The second-order valence-electron chi connectivity index (χ2n) is 5.27. The SMILES string of the molecule is CCOC(C)COC(C)COCC1(CC)COC1. The lowest BCUT2D eigenvalue weighted by Gasteiger charge is -2.40. The molecular weight excluding hydrogens is 232 g/mol. The van der Waals surface area contributed by atoms with E-state index in [1.807, 2.05) is 20.8 Å². The van der Waals surface area contributed by atoms with Crippen LogP contribution in [0.15, 0.2) is 0 Å². The molecule has 0 aliphatic carbocycles. The van der Waals surface area contributed by atoms with Crippen molar-refractivity contribution < 1.29 is 18.9 Å². The molecule has 2 unspecified atom stereocenters. The average Bonchev–Trinajstić information content (AvgIpc) is 2.30. The van der Waals surface area contributed by atoms with Crippen LogP contribution in [0.5, 0.6) is 0 Å². The Morgan fingerprint density at radius 1 is 1.06 bits per heavy atom. The Morgan fingerprint density at radius 2 is 1.72 bits per heavy atom. The summed E-state index contributed by atoms with van der Waals surface area (Å²) in [5, 5.41) is 0. The Labute approximate surface area is 111 Å². The second kappa shape index (κ2) is 8.10. The van der Waals surface area contributed by atoms with Gasteiger partial charge in [-0.05, 0) is 27.2 Å². The smallest absolute Gasteiger partial charge is 0.0781 e. The third kappa shape index (κ3) is 5.22. The van der Waals surface area contributed by atoms with Gasteiger partial charge >= 0.3 is 0 Å². The third-order valence-electron chi connectivity index (χ3n) is 3.39. The summed E-state index contributed by atoms with van der Waals surface area (Å²) in [4.78, 5) is 0. The standard InChI is InChI=1S/C14H28O4/c1-5-14(10-16-11-14)9-15-7-12(3)18-8-13(4)17-6-2/h12-13H,5-11H2,1-4H3. The first-order valence-corrected chi connectivity index (χ1v) is 7.00. The van der Waals surface area contributed by atoms with Crippen LogP contribution >= 0.6 is 0 Å². The van der Waals surface area contributed by atoms with Crippen LogP contribution in [0.2, 0.25) is 0 Å².